The van der Waals surface area contributed by atoms with Crippen molar-refractivity contribution in [3.8, 4) is 11.1 Å². The Hall–Kier alpha value is -6.57. The molecular formula is C57H70F3N11O5. The van der Waals surface area contributed by atoms with Crippen molar-refractivity contribution in [1.29, 1.82) is 0 Å². The third kappa shape index (κ3) is 12.2. The molecule has 5 aromatic rings. The Morgan fingerprint density at radius 2 is 1.57 bits per heavy atom. The number of benzene rings is 2. The van der Waals surface area contributed by atoms with Crippen LogP contribution in [0.15, 0.2) is 79.1 Å². The lowest BCUT2D eigenvalue weighted by molar-refractivity contribution is -0.133. The highest BCUT2D eigenvalue weighted by atomic mass is 19.3. The number of amides is 4. The first kappa shape index (κ1) is 52.9. The number of aromatic nitrogens is 3. The first-order chi connectivity index (χ1) is 36.4. The molecule has 404 valence electrons. The molecule has 3 N–H and O–H groups in total. The Morgan fingerprint density at radius 3 is 2.24 bits per heavy atom. The summed E-state index contributed by atoms with van der Waals surface area (Å²) in [7, 11) is 2.06. The molecule has 16 nitrogen and oxygen atoms in total. The summed E-state index contributed by atoms with van der Waals surface area (Å²) in [4.78, 5) is 68.8. The second-order valence-corrected chi connectivity index (χ2v) is 22.4. The van der Waals surface area contributed by atoms with E-state index in [0.717, 1.165) is 67.5 Å². The molecular weight excluding hydrogens is 976 g/mol. The first-order valence-electron chi connectivity index (χ1n) is 26.9. The summed E-state index contributed by atoms with van der Waals surface area (Å²) in [6.07, 6.45) is 7.50. The topological polar surface area (TPSA) is 161 Å². The number of carbonyl (C=O) groups excluding carboxylic acids is 4. The molecule has 19 heteroatoms. The molecule has 5 aliphatic rings. The Labute approximate surface area is 442 Å². The fraction of sp³-hybridized carbons (Fsp3) is 0.509. The number of halogens is 3. The molecule has 0 saturated carbocycles. The van der Waals surface area contributed by atoms with Gasteiger partial charge in [0.05, 0.1) is 18.3 Å². The van der Waals surface area contributed by atoms with Crippen LogP contribution in [0.4, 0.5) is 35.2 Å². The van der Waals surface area contributed by atoms with Crippen molar-refractivity contribution in [2.45, 2.75) is 102 Å². The van der Waals surface area contributed by atoms with Gasteiger partial charge in [-0.15, -0.1) is 0 Å². The molecule has 8 heterocycles. The maximum atomic E-state index is 15.9. The third-order valence-corrected chi connectivity index (χ3v) is 16.0. The van der Waals surface area contributed by atoms with Gasteiger partial charge in [0.15, 0.2) is 0 Å². The number of pyridine rings is 2. The molecule has 5 saturated heterocycles. The van der Waals surface area contributed by atoms with E-state index in [2.05, 4.69) is 55.6 Å². The normalized spacial score (nSPS) is 21.7. The number of nitrogens with zero attached hydrogens (tertiary/aromatic N) is 8. The SMILES string of the molecule is Cn1c(CN2CCC(c3ccc(C(=O)N4CCC(CN5CCC(N6CCN(c7ccc(NC8CCC(=O)NC8=O)cc7F)CC6)C(F)(F)C5)CC4)cc3)CC2)cc2c(-c3ccc(NC(=O)OC(C)(C)C)nc3)ccnc21. The summed E-state index contributed by atoms with van der Waals surface area (Å²) in [6.45, 7) is 11.9. The number of rotatable bonds is 12. The van der Waals surface area contributed by atoms with Crippen LogP contribution in [0, 0.1) is 11.7 Å². The summed E-state index contributed by atoms with van der Waals surface area (Å²) in [5.74, 6) is -3.03. The second kappa shape index (κ2) is 22.2. The number of fused-ring (bicyclic) bond motifs is 1. The number of likely N-dealkylation sites (tertiary alicyclic amines) is 3. The fourth-order valence-corrected chi connectivity index (χ4v) is 11.9. The number of piperazine rings is 1. The van der Waals surface area contributed by atoms with Gasteiger partial charge < -0.3 is 24.4 Å². The van der Waals surface area contributed by atoms with Gasteiger partial charge in [0.2, 0.25) is 11.8 Å². The molecule has 0 radical (unpaired) electrons. The first-order valence-corrected chi connectivity index (χ1v) is 26.9. The van der Waals surface area contributed by atoms with E-state index in [9.17, 15) is 19.2 Å². The third-order valence-electron chi connectivity index (χ3n) is 16.0. The van der Waals surface area contributed by atoms with E-state index in [1.54, 1.807) is 24.4 Å². The Kier molecular flexibility index (Phi) is 15.4. The van der Waals surface area contributed by atoms with Crippen LogP contribution in [-0.4, -0.2) is 154 Å². The van der Waals surface area contributed by atoms with Crippen LogP contribution in [0.1, 0.15) is 93.3 Å². The second-order valence-electron chi connectivity index (χ2n) is 22.4. The van der Waals surface area contributed by atoms with E-state index in [-0.39, 0.29) is 30.7 Å². The van der Waals surface area contributed by atoms with Crippen molar-refractivity contribution in [2.75, 3.05) is 87.5 Å². The quantitative estimate of drug-likeness (QED) is 0.103. The number of imide groups is 1. The predicted octanol–water partition coefficient (Wildman–Crippen LogP) is 8.10. The molecule has 5 fully saturated rings. The van der Waals surface area contributed by atoms with Gasteiger partial charge in [-0.25, -0.2) is 27.9 Å². The van der Waals surface area contributed by atoms with E-state index in [1.165, 1.54) is 17.3 Å². The number of ether oxygens (including phenoxy) is 1. The van der Waals surface area contributed by atoms with Gasteiger partial charge in [-0.3, -0.25) is 39.7 Å². The van der Waals surface area contributed by atoms with Crippen molar-refractivity contribution >= 4 is 52.0 Å². The van der Waals surface area contributed by atoms with Crippen molar-refractivity contribution in [3.05, 3.63) is 102 Å². The lowest BCUT2D eigenvalue weighted by atomic mass is 9.88. The van der Waals surface area contributed by atoms with E-state index in [4.69, 9.17) is 9.72 Å². The van der Waals surface area contributed by atoms with Crippen molar-refractivity contribution in [3.63, 3.8) is 0 Å². The lowest BCUT2D eigenvalue weighted by Crippen LogP contribution is -2.62. The standard InChI is InChI=1S/C57H70F3N11O5/c1-56(2,3)76-55(75)64-50-13-9-41(33-62-50)44-15-21-61-52-45(44)32-43(66(52)4)35-67-22-18-39(19-23-67)38-5-7-40(8-6-38)54(74)71-25-16-37(17-26-71)34-68-24-20-49(57(59,60)36-68)70-29-27-69(28-30-70)48-12-10-42(31-46(48)58)63-47-11-14-51(72)65-53(47)73/h5-10,12-13,15,21,31-33,37,39,47,49,63H,11,14,16-20,22-30,34-36H2,1-4H3,(H,62,64,75)(H,65,72,73). The van der Waals surface area contributed by atoms with Crippen LogP contribution < -0.4 is 20.9 Å². The van der Waals surface area contributed by atoms with Gasteiger partial charge in [0, 0.05) is 113 Å². The lowest BCUT2D eigenvalue weighted by Gasteiger charge is -2.47. The zero-order valence-corrected chi connectivity index (χ0v) is 44.0. The number of alkyl halides is 2. The molecule has 2 unspecified atom stereocenters. The highest BCUT2D eigenvalue weighted by molar-refractivity contribution is 6.01. The van der Waals surface area contributed by atoms with Crippen molar-refractivity contribution in [1.82, 2.24) is 39.5 Å². The van der Waals surface area contributed by atoms with E-state index in [0.29, 0.717) is 93.9 Å². The minimum absolute atomic E-state index is 0.0184. The number of hydrogen-bond acceptors (Lipinski definition) is 12. The van der Waals surface area contributed by atoms with E-state index < -0.39 is 41.4 Å². The predicted molar refractivity (Wildman–Crippen MR) is 286 cm³/mol. The molecule has 0 bridgehead atoms. The highest BCUT2D eigenvalue weighted by Crippen LogP contribution is 2.36. The zero-order valence-electron chi connectivity index (χ0n) is 44.0. The molecule has 2 atom stereocenters. The summed E-state index contributed by atoms with van der Waals surface area (Å²) >= 11 is 0. The van der Waals surface area contributed by atoms with Crippen LogP contribution in [0.2, 0.25) is 0 Å². The molecule has 0 aliphatic carbocycles. The van der Waals surface area contributed by atoms with Gasteiger partial charge in [-0.2, -0.15) is 0 Å². The fourth-order valence-electron chi connectivity index (χ4n) is 11.9. The maximum absolute atomic E-state index is 15.9. The zero-order chi connectivity index (χ0) is 53.3. The monoisotopic (exact) mass is 1050 g/mol. The van der Waals surface area contributed by atoms with Crippen molar-refractivity contribution in [2.24, 2.45) is 13.0 Å². The average molecular weight is 1050 g/mol. The van der Waals surface area contributed by atoms with Gasteiger partial charge in [0.25, 0.3) is 11.8 Å². The summed E-state index contributed by atoms with van der Waals surface area (Å²) in [6, 6.07) is 19.3. The Balaban J connectivity index is 0.645. The molecule has 2 aromatic carbocycles. The molecule has 0 spiro atoms. The van der Waals surface area contributed by atoms with Gasteiger partial charge >= 0.3 is 6.09 Å². The highest BCUT2D eigenvalue weighted by Gasteiger charge is 2.48. The molecule has 76 heavy (non-hydrogen) atoms. The van der Waals surface area contributed by atoms with Crippen LogP contribution in [0.25, 0.3) is 22.2 Å². The molecule has 10 rings (SSSR count). The van der Waals surface area contributed by atoms with E-state index in [1.807, 2.05) is 70.8 Å². The van der Waals surface area contributed by atoms with Crippen LogP contribution in [0.5, 0.6) is 0 Å². The summed E-state index contributed by atoms with van der Waals surface area (Å²) in [5.41, 5.74) is 6.16. The van der Waals surface area contributed by atoms with Crippen LogP contribution in [-0.2, 0) is 27.9 Å². The number of aryl methyl sites for hydroxylation is 1. The van der Waals surface area contributed by atoms with Gasteiger partial charge in [0.1, 0.15) is 28.9 Å². The summed E-state index contributed by atoms with van der Waals surface area (Å²) < 4.78 is 54.7. The number of anilines is 3. The minimum atomic E-state index is -2.89. The number of piperidine rings is 4. The maximum Gasteiger partial charge on any atom is 0.413 e. The van der Waals surface area contributed by atoms with Crippen molar-refractivity contribution < 1.29 is 37.1 Å². The largest absolute Gasteiger partial charge is 0.444 e. The number of nitrogens with one attached hydrogen (secondary N) is 3. The summed E-state index contributed by atoms with van der Waals surface area (Å²) in [5, 5.41) is 9.03. The minimum Gasteiger partial charge on any atom is -0.444 e. The Morgan fingerprint density at radius 1 is 0.829 bits per heavy atom. The van der Waals surface area contributed by atoms with Gasteiger partial charge in [-0.05, 0) is 150 Å². The molecule has 3 aromatic heterocycles. The number of carbonyl (C=O) groups is 4. The van der Waals surface area contributed by atoms with E-state index >= 15 is 13.2 Å². The molecule has 5 aliphatic heterocycles. The van der Waals surface area contributed by atoms with Crippen LogP contribution >= 0.6 is 0 Å². The van der Waals surface area contributed by atoms with Gasteiger partial charge in [-0.1, -0.05) is 12.1 Å². The number of hydrogen-bond donors (Lipinski definition) is 3. The smallest absolute Gasteiger partial charge is 0.413 e. The molecule has 4 amide bonds. The Bertz CT molecular complexity index is 2910. The van der Waals surface area contributed by atoms with Crippen LogP contribution in [0.3, 0.4) is 0 Å². The average Bonchev–Trinajstić information content (AvgIpc) is 3.71.